The third kappa shape index (κ3) is 3.95. The Labute approximate surface area is 147 Å². The van der Waals surface area contributed by atoms with Gasteiger partial charge < -0.3 is 10.2 Å². The van der Waals surface area contributed by atoms with E-state index in [4.69, 9.17) is 0 Å². The number of benzene rings is 1. The lowest BCUT2D eigenvalue weighted by molar-refractivity contribution is -0.120. The van der Waals surface area contributed by atoms with E-state index in [0.717, 1.165) is 43.1 Å². The Bertz CT molecular complexity index is 744. The van der Waals surface area contributed by atoms with Crippen molar-refractivity contribution in [2.45, 2.75) is 33.1 Å². The molecule has 0 bridgehead atoms. The summed E-state index contributed by atoms with van der Waals surface area (Å²) in [5.41, 5.74) is 2.70. The zero-order valence-electron chi connectivity index (χ0n) is 14.6. The van der Waals surface area contributed by atoms with Crippen LogP contribution in [0.3, 0.4) is 0 Å². The Hall–Kier alpha value is -2.50. The van der Waals surface area contributed by atoms with Crippen LogP contribution in [0.2, 0.25) is 0 Å². The zero-order valence-corrected chi connectivity index (χ0v) is 14.6. The van der Waals surface area contributed by atoms with Gasteiger partial charge in [0.15, 0.2) is 0 Å². The van der Waals surface area contributed by atoms with Crippen molar-refractivity contribution in [3.63, 3.8) is 0 Å². The second-order valence-electron chi connectivity index (χ2n) is 6.25. The van der Waals surface area contributed by atoms with E-state index in [0.29, 0.717) is 12.1 Å². The van der Waals surface area contributed by atoms with Gasteiger partial charge in [0.1, 0.15) is 5.82 Å². The predicted molar refractivity (Wildman–Crippen MR) is 96.1 cm³/mol. The molecule has 6 heteroatoms. The first-order valence-electron chi connectivity index (χ1n) is 8.76. The molecule has 0 radical (unpaired) electrons. The minimum Gasteiger partial charge on any atom is -0.341 e. The third-order valence-corrected chi connectivity index (χ3v) is 4.67. The van der Waals surface area contributed by atoms with Crippen LogP contribution in [0.4, 0.5) is 16.0 Å². The highest BCUT2D eigenvalue weighted by Gasteiger charge is 2.26. The van der Waals surface area contributed by atoms with E-state index >= 15 is 0 Å². The van der Waals surface area contributed by atoms with Crippen molar-refractivity contribution in [3.8, 4) is 0 Å². The van der Waals surface area contributed by atoms with Gasteiger partial charge in [-0.15, -0.1) is 0 Å². The van der Waals surface area contributed by atoms with Crippen LogP contribution in [-0.4, -0.2) is 29.0 Å². The van der Waals surface area contributed by atoms with E-state index < -0.39 is 0 Å². The van der Waals surface area contributed by atoms with Crippen molar-refractivity contribution in [1.82, 2.24) is 9.97 Å². The number of rotatable bonds is 5. The van der Waals surface area contributed by atoms with Crippen molar-refractivity contribution in [2.24, 2.45) is 5.92 Å². The van der Waals surface area contributed by atoms with Crippen LogP contribution < -0.4 is 10.2 Å². The van der Waals surface area contributed by atoms with Gasteiger partial charge in [0, 0.05) is 36.6 Å². The molecule has 1 N–H and O–H groups in total. The molecule has 0 unspecified atom stereocenters. The standard InChI is InChI=1S/C19H23FN4O/c1-3-24(4-2)19-21-12-14-11-13(5-10-17(14)23-19)18(25)22-16-8-6-15(20)7-9-16/h6-9,12-13H,3-5,10-11H2,1-2H3,(H,22,25)/t13-/m0/s1. The lowest BCUT2D eigenvalue weighted by atomic mass is 9.86. The molecule has 2 aromatic rings. The molecular formula is C19H23FN4O. The molecule has 1 aliphatic rings. The molecule has 0 fully saturated rings. The number of carbonyl (C=O) groups excluding carboxylic acids is 1. The number of fused-ring (bicyclic) bond motifs is 1. The van der Waals surface area contributed by atoms with Crippen molar-refractivity contribution in [1.29, 1.82) is 0 Å². The first-order chi connectivity index (χ1) is 12.1. The van der Waals surface area contributed by atoms with Gasteiger partial charge in [-0.05, 0) is 62.9 Å². The van der Waals surface area contributed by atoms with Crippen LogP contribution in [0, 0.1) is 11.7 Å². The molecule has 0 saturated heterocycles. The normalized spacial score (nSPS) is 16.2. The first-order valence-corrected chi connectivity index (χ1v) is 8.76. The van der Waals surface area contributed by atoms with E-state index in [9.17, 15) is 9.18 Å². The van der Waals surface area contributed by atoms with Gasteiger partial charge in [-0.1, -0.05) is 0 Å². The summed E-state index contributed by atoms with van der Waals surface area (Å²) in [6.45, 7) is 5.92. The number of anilines is 2. The Morgan fingerprint density at radius 3 is 2.68 bits per heavy atom. The molecule has 0 spiro atoms. The van der Waals surface area contributed by atoms with Crippen molar-refractivity contribution >= 4 is 17.5 Å². The molecule has 3 rings (SSSR count). The molecule has 1 aromatic heterocycles. The average Bonchev–Trinajstić information content (AvgIpc) is 2.64. The van der Waals surface area contributed by atoms with Crippen molar-refractivity contribution < 1.29 is 9.18 Å². The van der Waals surface area contributed by atoms with Crippen LogP contribution in [-0.2, 0) is 17.6 Å². The number of hydrogen-bond acceptors (Lipinski definition) is 4. The number of carbonyl (C=O) groups is 1. The highest BCUT2D eigenvalue weighted by molar-refractivity contribution is 5.92. The fraction of sp³-hybridized carbons (Fsp3) is 0.421. The van der Waals surface area contributed by atoms with Crippen molar-refractivity contribution in [2.75, 3.05) is 23.3 Å². The third-order valence-electron chi connectivity index (χ3n) is 4.67. The number of amides is 1. The smallest absolute Gasteiger partial charge is 0.227 e. The number of aryl methyl sites for hydroxylation is 1. The van der Waals surface area contributed by atoms with E-state index in [1.165, 1.54) is 12.1 Å². The maximum absolute atomic E-state index is 13.0. The maximum Gasteiger partial charge on any atom is 0.227 e. The SMILES string of the molecule is CCN(CC)c1ncc2c(n1)CC[C@H](C(=O)Nc1ccc(F)cc1)C2. The van der Waals surface area contributed by atoms with Crippen molar-refractivity contribution in [3.05, 3.63) is 47.5 Å². The van der Waals surface area contributed by atoms with Crippen LogP contribution in [0.5, 0.6) is 0 Å². The lowest BCUT2D eigenvalue weighted by Crippen LogP contribution is -2.30. The summed E-state index contributed by atoms with van der Waals surface area (Å²) in [5, 5.41) is 2.86. The summed E-state index contributed by atoms with van der Waals surface area (Å²) < 4.78 is 13.0. The van der Waals surface area contributed by atoms with Crippen LogP contribution in [0.15, 0.2) is 30.5 Å². The molecule has 25 heavy (non-hydrogen) atoms. The molecule has 1 atom stereocenters. The monoisotopic (exact) mass is 342 g/mol. The van der Waals surface area contributed by atoms with Crippen LogP contribution in [0.25, 0.3) is 0 Å². The van der Waals surface area contributed by atoms with Gasteiger partial charge in [-0.3, -0.25) is 4.79 Å². The second-order valence-corrected chi connectivity index (χ2v) is 6.25. The fourth-order valence-electron chi connectivity index (χ4n) is 3.16. The van der Waals surface area contributed by atoms with Gasteiger partial charge in [-0.25, -0.2) is 14.4 Å². The zero-order chi connectivity index (χ0) is 17.8. The predicted octanol–water partition coefficient (Wildman–Crippen LogP) is 3.21. The molecular weight excluding hydrogens is 319 g/mol. The average molecular weight is 342 g/mol. The summed E-state index contributed by atoms with van der Waals surface area (Å²) in [6.07, 6.45) is 4.02. The molecule has 1 aliphatic carbocycles. The Morgan fingerprint density at radius 1 is 1.28 bits per heavy atom. The molecule has 0 aliphatic heterocycles. The highest BCUT2D eigenvalue weighted by atomic mass is 19.1. The summed E-state index contributed by atoms with van der Waals surface area (Å²) in [5.74, 6) is 0.300. The highest BCUT2D eigenvalue weighted by Crippen LogP contribution is 2.26. The summed E-state index contributed by atoms with van der Waals surface area (Å²) in [6, 6.07) is 5.83. The molecule has 132 valence electrons. The Balaban J connectivity index is 1.68. The number of aromatic nitrogens is 2. The quantitative estimate of drug-likeness (QED) is 0.906. The number of nitrogens with zero attached hydrogens (tertiary/aromatic N) is 3. The van der Waals surface area contributed by atoms with E-state index in [2.05, 4.69) is 34.0 Å². The van der Waals surface area contributed by atoms with Crippen LogP contribution >= 0.6 is 0 Å². The number of nitrogens with one attached hydrogen (secondary N) is 1. The van der Waals surface area contributed by atoms with E-state index in [-0.39, 0.29) is 17.6 Å². The number of hydrogen-bond donors (Lipinski definition) is 1. The summed E-state index contributed by atoms with van der Waals surface area (Å²) in [4.78, 5) is 23.7. The number of halogens is 1. The summed E-state index contributed by atoms with van der Waals surface area (Å²) in [7, 11) is 0. The fourth-order valence-corrected chi connectivity index (χ4v) is 3.16. The van der Waals surface area contributed by atoms with E-state index in [1.54, 1.807) is 12.1 Å². The minimum absolute atomic E-state index is 0.0370. The maximum atomic E-state index is 13.0. The van der Waals surface area contributed by atoms with Gasteiger partial charge in [-0.2, -0.15) is 0 Å². The van der Waals surface area contributed by atoms with Crippen LogP contribution in [0.1, 0.15) is 31.5 Å². The Kier molecular flexibility index (Phi) is 5.26. The van der Waals surface area contributed by atoms with Gasteiger partial charge in [0.25, 0.3) is 0 Å². The topological polar surface area (TPSA) is 58.1 Å². The second kappa shape index (κ2) is 7.59. The summed E-state index contributed by atoms with van der Waals surface area (Å²) >= 11 is 0. The van der Waals surface area contributed by atoms with Gasteiger partial charge in [0.2, 0.25) is 11.9 Å². The van der Waals surface area contributed by atoms with Gasteiger partial charge in [0.05, 0.1) is 0 Å². The molecule has 5 nitrogen and oxygen atoms in total. The molecule has 0 saturated carbocycles. The molecule has 1 aromatic carbocycles. The molecule has 1 heterocycles. The largest absolute Gasteiger partial charge is 0.341 e. The van der Waals surface area contributed by atoms with E-state index in [1.807, 2.05) is 6.20 Å². The van der Waals surface area contributed by atoms with Gasteiger partial charge >= 0.3 is 0 Å². The Morgan fingerprint density at radius 2 is 2.00 bits per heavy atom. The minimum atomic E-state index is -0.314. The first kappa shape index (κ1) is 17.3. The lowest BCUT2D eigenvalue weighted by Gasteiger charge is -2.25. The molecule has 1 amide bonds.